The molecule has 0 spiro atoms. The molecule has 2 rings (SSSR count). The highest BCUT2D eigenvalue weighted by atomic mass is 16.3. The van der Waals surface area contributed by atoms with Gasteiger partial charge in [0.1, 0.15) is 5.54 Å². The summed E-state index contributed by atoms with van der Waals surface area (Å²) in [6.45, 7) is 3.62. The lowest BCUT2D eigenvalue weighted by Gasteiger charge is -2.23. The number of likely N-dealkylation sites (tertiary alicyclic amines) is 1. The molecule has 2 aliphatic rings. The zero-order valence-corrected chi connectivity index (χ0v) is 9.24. The predicted octanol–water partition coefficient (Wildman–Crippen LogP) is 0.0873. The summed E-state index contributed by atoms with van der Waals surface area (Å²) in [6.07, 6.45) is 3.44. The molecule has 0 aromatic rings. The first-order valence-corrected chi connectivity index (χ1v) is 5.74. The number of hydrogen-bond donors (Lipinski definition) is 2. The van der Waals surface area contributed by atoms with Crippen molar-refractivity contribution >= 4 is 0 Å². The van der Waals surface area contributed by atoms with Crippen LogP contribution in [0.2, 0.25) is 0 Å². The number of hydrogen-bond acceptors (Lipinski definition) is 4. The lowest BCUT2D eigenvalue weighted by atomic mass is 9.98. The fourth-order valence-corrected chi connectivity index (χ4v) is 2.59. The maximum Gasteiger partial charge on any atom is 0.121 e. The fraction of sp³-hybridized carbons (Fsp3) is 0.909. The Morgan fingerprint density at radius 2 is 2.33 bits per heavy atom. The zero-order valence-electron chi connectivity index (χ0n) is 9.24. The van der Waals surface area contributed by atoms with Crippen LogP contribution in [0.5, 0.6) is 0 Å². The predicted molar refractivity (Wildman–Crippen MR) is 57.2 cm³/mol. The molecule has 0 aromatic carbocycles. The summed E-state index contributed by atoms with van der Waals surface area (Å²) in [6, 6.07) is 3.59. The Bertz CT molecular complexity index is 271. The van der Waals surface area contributed by atoms with Crippen LogP contribution < -0.4 is 5.32 Å². The third-order valence-electron chi connectivity index (χ3n) is 3.47. The maximum absolute atomic E-state index is 9.26. The topological polar surface area (TPSA) is 59.3 Å². The number of nitrogens with zero attached hydrogens (tertiary/aromatic N) is 2. The van der Waals surface area contributed by atoms with Gasteiger partial charge in [-0.1, -0.05) is 0 Å². The van der Waals surface area contributed by atoms with Crippen LogP contribution in [0.3, 0.4) is 0 Å². The molecule has 84 valence electrons. The third kappa shape index (κ3) is 2.15. The molecule has 0 bridgehead atoms. The summed E-state index contributed by atoms with van der Waals surface area (Å²) in [5, 5.41) is 21.2. The van der Waals surface area contributed by atoms with Crippen molar-refractivity contribution in [3.8, 4) is 6.07 Å². The Labute approximate surface area is 90.9 Å². The van der Waals surface area contributed by atoms with Crippen LogP contribution in [-0.4, -0.2) is 47.3 Å². The van der Waals surface area contributed by atoms with Gasteiger partial charge in [0, 0.05) is 25.2 Å². The summed E-state index contributed by atoms with van der Waals surface area (Å²) < 4.78 is 0. The van der Waals surface area contributed by atoms with Gasteiger partial charge in [-0.3, -0.25) is 10.2 Å². The van der Waals surface area contributed by atoms with E-state index in [0.29, 0.717) is 18.6 Å². The molecule has 1 saturated carbocycles. The van der Waals surface area contributed by atoms with Gasteiger partial charge in [-0.05, 0) is 26.2 Å². The van der Waals surface area contributed by atoms with E-state index in [9.17, 15) is 5.26 Å². The number of nitrogens with one attached hydrogen (secondary N) is 1. The second kappa shape index (κ2) is 4.09. The summed E-state index contributed by atoms with van der Waals surface area (Å²) in [7, 11) is 0. The Hall–Kier alpha value is -0.630. The van der Waals surface area contributed by atoms with Crippen molar-refractivity contribution in [2.75, 3.05) is 19.7 Å². The third-order valence-corrected chi connectivity index (χ3v) is 3.47. The van der Waals surface area contributed by atoms with Crippen LogP contribution in [-0.2, 0) is 0 Å². The second-order valence-electron chi connectivity index (χ2n) is 4.80. The Morgan fingerprint density at radius 3 is 2.87 bits per heavy atom. The molecule has 0 radical (unpaired) electrons. The van der Waals surface area contributed by atoms with Gasteiger partial charge < -0.3 is 5.11 Å². The minimum absolute atomic E-state index is 0.0985. The minimum atomic E-state index is -0.426. The van der Waals surface area contributed by atoms with Gasteiger partial charge in [0.2, 0.25) is 0 Å². The summed E-state index contributed by atoms with van der Waals surface area (Å²) in [5.74, 6) is 0. The summed E-state index contributed by atoms with van der Waals surface area (Å²) in [4.78, 5) is 2.44. The van der Waals surface area contributed by atoms with Crippen LogP contribution in [0.1, 0.15) is 26.2 Å². The highest BCUT2D eigenvalue weighted by molar-refractivity contribution is 5.16. The monoisotopic (exact) mass is 209 g/mol. The lowest BCUT2D eigenvalue weighted by Crippen LogP contribution is -2.47. The normalized spacial score (nSPS) is 36.7. The Balaban J connectivity index is 1.99. The standard InChI is InChI=1S/C11H19N3O/c1-9-6-11(7-12,13-4-5-15)8-14(9)10-2-3-10/h9-10,13,15H,2-6,8H2,1H3. The highest BCUT2D eigenvalue weighted by Gasteiger charge is 2.46. The van der Waals surface area contributed by atoms with Crippen molar-refractivity contribution in [2.24, 2.45) is 0 Å². The van der Waals surface area contributed by atoms with Crippen LogP contribution in [0.15, 0.2) is 0 Å². The summed E-state index contributed by atoms with van der Waals surface area (Å²) >= 11 is 0. The lowest BCUT2D eigenvalue weighted by molar-refractivity contribution is 0.243. The SMILES string of the molecule is CC1CC(C#N)(NCCO)CN1C1CC1. The number of β-amino-alcohol motifs (C(OH)–C–C–N with tert-alkyl or cyclic N) is 1. The molecule has 2 atom stereocenters. The average Bonchev–Trinajstić information content (AvgIpc) is 3.02. The van der Waals surface area contributed by atoms with E-state index in [1.54, 1.807) is 0 Å². The molecule has 15 heavy (non-hydrogen) atoms. The highest BCUT2D eigenvalue weighted by Crippen LogP contribution is 2.36. The smallest absolute Gasteiger partial charge is 0.121 e. The Morgan fingerprint density at radius 1 is 1.60 bits per heavy atom. The molecule has 0 aromatic heterocycles. The fourth-order valence-electron chi connectivity index (χ4n) is 2.59. The molecule has 2 N–H and O–H groups in total. The van der Waals surface area contributed by atoms with Crippen molar-refractivity contribution in [2.45, 2.75) is 43.8 Å². The van der Waals surface area contributed by atoms with Crippen LogP contribution in [0.25, 0.3) is 0 Å². The molecule has 1 heterocycles. The van der Waals surface area contributed by atoms with Crippen molar-refractivity contribution in [3.05, 3.63) is 0 Å². The molecule has 4 nitrogen and oxygen atoms in total. The minimum Gasteiger partial charge on any atom is -0.395 e. The van der Waals surface area contributed by atoms with Gasteiger partial charge >= 0.3 is 0 Å². The van der Waals surface area contributed by atoms with Gasteiger partial charge in [0.05, 0.1) is 12.7 Å². The first kappa shape index (κ1) is 10.9. The molecule has 1 saturated heterocycles. The van der Waals surface area contributed by atoms with E-state index in [4.69, 9.17) is 5.11 Å². The molecule has 4 heteroatoms. The Kier molecular flexibility index (Phi) is 2.96. The first-order valence-electron chi connectivity index (χ1n) is 5.74. The van der Waals surface area contributed by atoms with Crippen LogP contribution in [0.4, 0.5) is 0 Å². The molecular weight excluding hydrogens is 190 g/mol. The van der Waals surface area contributed by atoms with Gasteiger partial charge in [-0.2, -0.15) is 5.26 Å². The van der Waals surface area contributed by atoms with E-state index in [-0.39, 0.29) is 6.61 Å². The number of aliphatic hydroxyl groups is 1. The second-order valence-corrected chi connectivity index (χ2v) is 4.80. The molecule has 2 fully saturated rings. The van der Waals surface area contributed by atoms with Crippen LogP contribution in [0, 0.1) is 11.3 Å². The van der Waals surface area contributed by atoms with Gasteiger partial charge in [-0.15, -0.1) is 0 Å². The molecular formula is C11H19N3O. The first-order chi connectivity index (χ1) is 7.21. The van der Waals surface area contributed by atoms with Crippen molar-refractivity contribution < 1.29 is 5.11 Å². The number of aliphatic hydroxyl groups excluding tert-OH is 1. The van der Waals surface area contributed by atoms with Gasteiger partial charge in [0.25, 0.3) is 0 Å². The van der Waals surface area contributed by atoms with E-state index < -0.39 is 5.54 Å². The maximum atomic E-state index is 9.26. The average molecular weight is 209 g/mol. The van der Waals surface area contributed by atoms with E-state index in [1.165, 1.54) is 12.8 Å². The van der Waals surface area contributed by atoms with Crippen molar-refractivity contribution in [1.82, 2.24) is 10.2 Å². The molecule has 2 unspecified atom stereocenters. The van der Waals surface area contributed by atoms with E-state index in [1.807, 2.05) is 0 Å². The zero-order chi connectivity index (χ0) is 10.9. The van der Waals surface area contributed by atoms with Crippen molar-refractivity contribution in [1.29, 1.82) is 5.26 Å². The molecule has 1 aliphatic carbocycles. The van der Waals surface area contributed by atoms with Gasteiger partial charge in [-0.25, -0.2) is 0 Å². The quantitative estimate of drug-likeness (QED) is 0.689. The molecule has 1 aliphatic heterocycles. The van der Waals surface area contributed by atoms with E-state index in [0.717, 1.165) is 13.0 Å². The molecule has 0 amide bonds. The van der Waals surface area contributed by atoms with Gasteiger partial charge in [0.15, 0.2) is 0 Å². The van der Waals surface area contributed by atoms with Crippen LogP contribution >= 0.6 is 0 Å². The van der Waals surface area contributed by atoms with Crippen molar-refractivity contribution in [3.63, 3.8) is 0 Å². The number of rotatable bonds is 4. The van der Waals surface area contributed by atoms with E-state index in [2.05, 4.69) is 23.2 Å². The number of nitriles is 1. The summed E-state index contributed by atoms with van der Waals surface area (Å²) in [5.41, 5.74) is -0.426. The van der Waals surface area contributed by atoms with E-state index >= 15 is 0 Å². The largest absolute Gasteiger partial charge is 0.395 e.